The van der Waals surface area contributed by atoms with Crippen molar-refractivity contribution in [3.8, 4) is 5.88 Å². The van der Waals surface area contributed by atoms with Crippen LogP contribution in [0.5, 0.6) is 5.88 Å². The molecule has 0 aliphatic carbocycles. The molecule has 0 radical (unpaired) electrons. The molecule has 82 valence electrons. The van der Waals surface area contributed by atoms with Gasteiger partial charge in [0.1, 0.15) is 6.10 Å². The van der Waals surface area contributed by atoms with Crippen LogP contribution < -0.4 is 10.5 Å². The third-order valence-corrected chi connectivity index (χ3v) is 2.24. The fourth-order valence-electron chi connectivity index (χ4n) is 1.35. The summed E-state index contributed by atoms with van der Waals surface area (Å²) in [6.45, 7) is 1.94. The highest BCUT2D eigenvalue weighted by Gasteiger charge is 2.09. The third-order valence-electron chi connectivity index (χ3n) is 2.24. The molecular weight excluding hydrogens is 202 g/mol. The van der Waals surface area contributed by atoms with Gasteiger partial charge in [0.05, 0.1) is 5.69 Å². The topological polar surface area (TPSA) is 61.0 Å². The number of anilines is 1. The molecule has 1 atom stereocenters. The van der Waals surface area contributed by atoms with Crippen molar-refractivity contribution in [3.05, 3.63) is 48.4 Å². The van der Waals surface area contributed by atoms with Gasteiger partial charge in [-0.15, -0.1) is 0 Å². The zero-order valence-corrected chi connectivity index (χ0v) is 9.00. The van der Waals surface area contributed by atoms with Crippen LogP contribution in [0.1, 0.15) is 18.6 Å². The van der Waals surface area contributed by atoms with E-state index in [0.717, 1.165) is 5.56 Å². The van der Waals surface area contributed by atoms with E-state index in [0.29, 0.717) is 11.6 Å². The SMILES string of the molecule is CC(Oc1ncccc1N)c1cccnc1. The molecule has 4 heteroatoms. The number of aromatic nitrogens is 2. The van der Waals surface area contributed by atoms with Gasteiger partial charge in [0, 0.05) is 24.2 Å². The zero-order valence-electron chi connectivity index (χ0n) is 9.00. The lowest BCUT2D eigenvalue weighted by molar-refractivity contribution is 0.218. The summed E-state index contributed by atoms with van der Waals surface area (Å²) in [7, 11) is 0. The van der Waals surface area contributed by atoms with E-state index in [9.17, 15) is 0 Å². The molecule has 0 fully saturated rings. The molecule has 2 aromatic heterocycles. The Balaban J connectivity index is 2.14. The Morgan fingerprint density at radius 3 is 2.75 bits per heavy atom. The zero-order chi connectivity index (χ0) is 11.4. The molecule has 4 nitrogen and oxygen atoms in total. The quantitative estimate of drug-likeness (QED) is 0.852. The molecule has 0 aliphatic heterocycles. The molecule has 2 heterocycles. The van der Waals surface area contributed by atoms with Crippen LogP contribution in [0.3, 0.4) is 0 Å². The van der Waals surface area contributed by atoms with Gasteiger partial charge in [0.2, 0.25) is 5.88 Å². The minimum absolute atomic E-state index is 0.120. The van der Waals surface area contributed by atoms with E-state index in [1.165, 1.54) is 0 Å². The summed E-state index contributed by atoms with van der Waals surface area (Å²) in [6.07, 6.45) is 5.03. The van der Waals surface area contributed by atoms with Crippen LogP contribution in [0.2, 0.25) is 0 Å². The van der Waals surface area contributed by atoms with Crippen LogP contribution in [0.25, 0.3) is 0 Å². The second kappa shape index (κ2) is 4.61. The molecule has 16 heavy (non-hydrogen) atoms. The third kappa shape index (κ3) is 2.28. The molecule has 0 aliphatic rings. The summed E-state index contributed by atoms with van der Waals surface area (Å²) >= 11 is 0. The maximum absolute atomic E-state index is 5.74. The van der Waals surface area contributed by atoms with Gasteiger partial charge in [-0.25, -0.2) is 4.98 Å². The second-order valence-corrected chi connectivity index (χ2v) is 3.44. The highest BCUT2D eigenvalue weighted by atomic mass is 16.5. The van der Waals surface area contributed by atoms with Crippen molar-refractivity contribution < 1.29 is 4.74 Å². The number of ether oxygens (including phenoxy) is 1. The lowest BCUT2D eigenvalue weighted by Gasteiger charge is -2.14. The Bertz CT molecular complexity index is 459. The monoisotopic (exact) mass is 215 g/mol. The molecule has 0 saturated heterocycles. The van der Waals surface area contributed by atoms with Crippen molar-refractivity contribution in [1.29, 1.82) is 0 Å². The van der Waals surface area contributed by atoms with Gasteiger partial charge in [-0.05, 0) is 25.1 Å². The van der Waals surface area contributed by atoms with Gasteiger partial charge in [0.25, 0.3) is 0 Å². The maximum atomic E-state index is 5.74. The van der Waals surface area contributed by atoms with Gasteiger partial charge in [-0.1, -0.05) is 6.07 Å². The first-order valence-corrected chi connectivity index (χ1v) is 5.04. The standard InChI is InChI=1S/C12H13N3O/c1-9(10-4-2-6-14-8-10)16-12-11(13)5-3-7-15-12/h2-9H,13H2,1H3. The molecular formula is C12H13N3O. The molecule has 0 spiro atoms. The Kier molecular flexibility index (Phi) is 3.00. The molecule has 2 N–H and O–H groups in total. The first kappa shape index (κ1) is 10.4. The largest absolute Gasteiger partial charge is 0.468 e. The number of nitrogen functional groups attached to an aromatic ring is 1. The van der Waals surface area contributed by atoms with E-state index < -0.39 is 0 Å². The summed E-state index contributed by atoms with van der Waals surface area (Å²) in [5, 5.41) is 0. The summed E-state index contributed by atoms with van der Waals surface area (Å²) in [6, 6.07) is 7.36. The summed E-state index contributed by atoms with van der Waals surface area (Å²) < 4.78 is 5.66. The van der Waals surface area contributed by atoms with Crippen molar-refractivity contribution in [2.24, 2.45) is 0 Å². The van der Waals surface area contributed by atoms with Crippen molar-refractivity contribution in [2.75, 3.05) is 5.73 Å². The van der Waals surface area contributed by atoms with Crippen molar-refractivity contribution >= 4 is 5.69 Å². The number of rotatable bonds is 3. The number of hydrogen-bond donors (Lipinski definition) is 1. The number of hydrogen-bond acceptors (Lipinski definition) is 4. The van der Waals surface area contributed by atoms with Crippen LogP contribution in [0.15, 0.2) is 42.9 Å². The summed E-state index contributed by atoms with van der Waals surface area (Å²) in [5.41, 5.74) is 7.28. The van der Waals surface area contributed by atoms with Crippen LogP contribution >= 0.6 is 0 Å². The van der Waals surface area contributed by atoms with Crippen LogP contribution in [-0.2, 0) is 0 Å². The van der Waals surface area contributed by atoms with Gasteiger partial charge in [-0.3, -0.25) is 4.98 Å². The van der Waals surface area contributed by atoms with E-state index in [1.54, 1.807) is 30.7 Å². The number of nitrogens with zero attached hydrogens (tertiary/aromatic N) is 2. The van der Waals surface area contributed by atoms with Crippen molar-refractivity contribution in [1.82, 2.24) is 9.97 Å². The maximum Gasteiger partial charge on any atom is 0.237 e. The van der Waals surface area contributed by atoms with E-state index in [2.05, 4.69) is 9.97 Å². The lowest BCUT2D eigenvalue weighted by Crippen LogP contribution is -2.06. The van der Waals surface area contributed by atoms with E-state index in [4.69, 9.17) is 10.5 Å². The lowest BCUT2D eigenvalue weighted by atomic mass is 10.2. The molecule has 0 bridgehead atoms. The van der Waals surface area contributed by atoms with Crippen molar-refractivity contribution in [2.45, 2.75) is 13.0 Å². The Hall–Kier alpha value is -2.10. The predicted molar refractivity (Wildman–Crippen MR) is 61.9 cm³/mol. The van der Waals surface area contributed by atoms with Crippen LogP contribution in [-0.4, -0.2) is 9.97 Å². The molecule has 0 saturated carbocycles. The summed E-state index contributed by atoms with van der Waals surface area (Å²) in [5.74, 6) is 0.457. The van der Waals surface area contributed by atoms with E-state index in [1.807, 2.05) is 19.1 Å². The molecule has 0 aromatic carbocycles. The number of pyridine rings is 2. The van der Waals surface area contributed by atoms with Gasteiger partial charge in [0.15, 0.2) is 0 Å². The fraction of sp³-hybridized carbons (Fsp3) is 0.167. The minimum atomic E-state index is -0.120. The Morgan fingerprint density at radius 2 is 2.06 bits per heavy atom. The fourth-order valence-corrected chi connectivity index (χ4v) is 1.35. The predicted octanol–water partition coefficient (Wildman–Crippen LogP) is 2.20. The summed E-state index contributed by atoms with van der Waals surface area (Å²) in [4.78, 5) is 8.11. The highest BCUT2D eigenvalue weighted by molar-refractivity contribution is 5.47. The van der Waals surface area contributed by atoms with Crippen molar-refractivity contribution in [3.63, 3.8) is 0 Å². The molecule has 2 rings (SSSR count). The first-order valence-electron chi connectivity index (χ1n) is 5.04. The van der Waals surface area contributed by atoms with Gasteiger partial charge in [-0.2, -0.15) is 0 Å². The van der Waals surface area contributed by atoms with Crippen LogP contribution in [0, 0.1) is 0 Å². The Morgan fingerprint density at radius 1 is 1.25 bits per heavy atom. The van der Waals surface area contributed by atoms with Gasteiger partial charge < -0.3 is 10.5 Å². The molecule has 2 aromatic rings. The molecule has 0 amide bonds. The smallest absolute Gasteiger partial charge is 0.237 e. The second-order valence-electron chi connectivity index (χ2n) is 3.44. The van der Waals surface area contributed by atoms with Gasteiger partial charge >= 0.3 is 0 Å². The normalized spacial score (nSPS) is 12.1. The van der Waals surface area contributed by atoms with E-state index in [-0.39, 0.29) is 6.10 Å². The highest BCUT2D eigenvalue weighted by Crippen LogP contribution is 2.23. The number of nitrogens with two attached hydrogens (primary N) is 1. The average molecular weight is 215 g/mol. The minimum Gasteiger partial charge on any atom is -0.468 e. The molecule has 1 unspecified atom stereocenters. The van der Waals surface area contributed by atoms with Crippen LogP contribution in [0.4, 0.5) is 5.69 Å². The Labute approximate surface area is 94.1 Å². The van der Waals surface area contributed by atoms with E-state index >= 15 is 0 Å². The first-order chi connectivity index (χ1) is 7.77. The average Bonchev–Trinajstić information content (AvgIpc) is 2.33.